The van der Waals surface area contributed by atoms with Crippen LogP contribution in [0, 0.1) is 17.0 Å². The van der Waals surface area contributed by atoms with Crippen LogP contribution in [0.4, 0.5) is 11.4 Å². The third-order valence-corrected chi connectivity index (χ3v) is 2.73. The van der Waals surface area contributed by atoms with Crippen molar-refractivity contribution < 1.29 is 9.72 Å². The van der Waals surface area contributed by atoms with Crippen LogP contribution in [0.1, 0.15) is 16.1 Å². The first-order valence-corrected chi connectivity index (χ1v) is 6.04. The second-order valence-corrected chi connectivity index (χ2v) is 4.44. The molecule has 2 rings (SSSR count). The molecule has 0 aliphatic heterocycles. The van der Waals surface area contributed by atoms with Crippen molar-refractivity contribution in [3.05, 3.63) is 62.9 Å². The average molecular weight is 292 g/mol. The van der Waals surface area contributed by atoms with Gasteiger partial charge in [0.2, 0.25) is 0 Å². The number of aromatic nitrogens is 1. The second kappa shape index (κ2) is 5.66. The number of nitro benzene ring substituents is 1. The predicted molar refractivity (Wildman–Crippen MR) is 75.0 cm³/mol. The van der Waals surface area contributed by atoms with E-state index >= 15 is 0 Å². The number of nitrogens with one attached hydrogen (secondary N) is 1. The molecule has 0 spiro atoms. The lowest BCUT2D eigenvalue weighted by Crippen LogP contribution is -2.13. The van der Waals surface area contributed by atoms with Gasteiger partial charge in [0.25, 0.3) is 11.6 Å². The molecule has 0 aliphatic rings. The third-order valence-electron chi connectivity index (χ3n) is 2.53. The zero-order chi connectivity index (χ0) is 14.7. The lowest BCUT2D eigenvalue weighted by atomic mass is 10.2. The highest BCUT2D eigenvalue weighted by atomic mass is 35.5. The molecule has 1 aromatic carbocycles. The van der Waals surface area contributed by atoms with E-state index < -0.39 is 10.8 Å². The zero-order valence-corrected chi connectivity index (χ0v) is 11.2. The molecule has 1 amide bonds. The van der Waals surface area contributed by atoms with Crippen LogP contribution in [0.25, 0.3) is 0 Å². The van der Waals surface area contributed by atoms with Crippen molar-refractivity contribution in [3.8, 4) is 0 Å². The molecular formula is C13H10ClN3O3. The number of hydrogen-bond acceptors (Lipinski definition) is 4. The molecule has 0 saturated heterocycles. The summed E-state index contributed by atoms with van der Waals surface area (Å²) in [6.07, 6.45) is 0. The van der Waals surface area contributed by atoms with Gasteiger partial charge in [-0.25, -0.2) is 4.98 Å². The standard InChI is InChI=1S/C13H10ClN3O3/c1-8-6-9(7-12(14)15-8)13(18)16-10-4-2-3-5-11(10)17(19)20/h2-7H,1H3,(H,16,18). The Bertz CT molecular complexity index is 668. The summed E-state index contributed by atoms with van der Waals surface area (Å²) in [6.45, 7) is 1.70. The minimum atomic E-state index is -0.555. The number of rotatable bonds is 3. The number of benzene rings is 1. The Kier molecular flexibility index (Phi) is 3.95. The van der Waals surface area contributed by atoms with Gasteiger partial charge < -0.3 is 5.32 Å². The second-order valence-electron chi connectivity index (χ2n) is 4.05. The minimum Gasteiger partial charge on any atom is -0.316 e. The van der Waals surface area contributed by atoms with Gasteiger partial charge in [0, 0.05) is 17.3 Å². The molecular weight excluding hydrogens is 282 g/mol. The molecule has 1 aromatic heterocycles. The summed E-state index contributed by atoms with van der Waals surface area (Å²) in [5, 5.41) is 13.6. The minimum absolute atomic E-state index is 0.132. The molecule has 1 heterocycles. The molecule has 0 bridgehead atoms. The SMILES string of the molecule is Cc1cc(C(=O)Nc2ccccc2[N+](=O)[O-])cc(Cl)n1. The van der Waals surface area contributed by atoms with E-state index in [-0.39, 0.29) is 16.5 Å². The van der Waals surface area contributed by atoms with Gasteiger partial charge in [0.15, 0.2) is 0 Å². The van der Waals surface area contributed by atoms with Crippen LogP contribution in [0.2, 0.25) is 5.15 Å². The number of anilines is 1. The van der Waals surface area contributed by atoms with Crippen LogP contribution in [0.3, 0.4) is 0 Å². The van der Waals surface area contributed by atoms with Crippen molar-refractivity contribution in [1.29, 1.82) is 0 Å². The van der Waals surface area contributed by atoms with Crippen molar-refractivity contribution in [2.45, 2.75) is 6.92 Å². The van der Waals surface area contributed by atoms with Crippen LogP contribution in [0.5, 0.6) is 0 Å². The van der Waals surface area contributed by atoms with E-state index in [0.29, 0.717) is 11.3 Å². The molecule has 1 N–H and O–H groups in total. The molecule has 0 saturated carbocycles. The van der Waals surface area contributed by atoms with Gasteiger partial charge in [-0.1, -0.05) is 23.7 Å². The quantitative estimate of drug-likeness (QED) is 0.534. The van der Waals surface area contributed by atoms with E-state index in [4.69, 9.17) is 11.6 Å². The van der Waals surface area contributed by atoms with Gasteiger partial charge in [-0.15, -0.1) is 0 Å². The first-order valence-electron chi connectivity index (χ1n) is 5.66. The summed E-state index contributed by atoms with van der Waals surface area (Å²) < 4.78 is 0. The maximum Gasteiger partial charge on any atom is 0.292 e. The summed E-state index contributed by atoms with van der Waals surface area (Å²) in [7, 11) is 0. The van der Waals surface area contributed by atoms with Crippen molar-refractivity contribution in [3.63, 3.8) is 0 Å². The third kappa shape index (κ3) is 3.10. The molecule has 0 unspecified atom stereocenters. The summed E-state index contributed by atoms with van der Waals surface area (Å²) in [5.74, 6) is -0.480. The highest BCUT2D eigenvalue weighted by Gasteiger charge is 2.16. The lowest BCUT2D eigenvalue weighted by molar-refractivity contribution is -0.383. The molecule has 6 nitrogen and oxygen atoms in total. The molecule has 20 heavy (non-hydrogen) atoms. The van der Waals surface area contributed by atoms with E-state index in [1.165, 1.54) is 24.3 Å². The summed E-state index contributed by atoms with van der Waals surface area (Å²) in [4.78, 5) is 26.3. The number of hydrogen-bond donors (Lipinski definition) is 1. The number of nitrogens with zero attached hydrogens (tertiary/aromatic N) is 2. The number of carbonyl (C=O) groups is 1. The van der Waals surface area contributed by atoms with E-state index in [1.54, 1.807) is 19.1 Å². The van der Waals surface area contributed by atoms with E-state index in [2.05, 4.69) is 10.3 Å². The monoisotopic (exact) mass is 291 g/mol. The zero-order valence-electron chi connectivity index (χ0n) is 10.5. The number of nitro groups is 1. The Morgan fingerprint density at radius 1 is 1.35 bits per heavy atom. The van der Waals surface area contributed by atoms with E-state index in [0.717, 1.165) is 0 Å². The first kappa shape index (κ1) is 14.0. The number of pyridine rings is 1. The van der Waals surface area contributed by atoms with Crippen molar-refractivity contribution in [2.75, 3.05) is 5.32 Å². The van der Waals surface area contributed by atoms with E-state index in [1.807, 2.05) is 0 Å². The number of carbonyl (C=O) groups excluding carboxylic acids is 1. The summed E-state index contributed by atoms with van der Waals surface area (Å²) in [6, 6.07) is 8.87. The van der Waals surface area contributed by atoms with Crippen LogP contribution in [-0.2, 0) is 0 Å². The highest BCUT2D eigenvalue weighted by Crippen LogP contribution is 2.24. The molecule has 7 heteroatoms. The van der Waals surface area contributed by atoms with Crippen molar-refractivity contribution in [2.24, 2.45) is 0 Å². The van der Waals surface area contributed by atoms with Gasteiger partial charge in [-0.2, -0.15) is 0 Å². The Morgan fingerprint density at radius 2 is 2.05 bits per heavy atom. The first-order chi connectivity index (χ1) is 9.47. The predicted octanol–water partition coefficient (Wildman–Crippen LogP) is 3.20. The average Bonchev–Trinajstić information content (AvgIpc) is 2.37. The Morgan fingerprint density at radius 3 is 2.70 bits per heavy atom. The molecule has 0 fully saturated rings. The van der Waals surface area contributed by atoms with Crippen LogP contribution in [-0.4, -0.2) is 15.8 Å². The Balaban J connectivity index is 2.30. The number of para-hydroxylation sites is 2. The van der Waals surface area contributed by atoms with Crippen LogP contribution >= 0.6 is 11.6 Å². The van der Waals surface area contributed by atoms with E-state index in [9.17, 15) is 14.9 Å². The Hall–Kier alpha value is -2.47. The molecule has 102 valence electrons. The molecule has 0 atom stereocenters. The van der Waals surface area contributed by atoms with Crippen molar-refractivity contribution >= 4 is 28.9 Å². The van der Waals surface area contributed by atoms with Crippen molar-refractivity contribution in [1.82, 2.24) is 4.98 Å². The lowest BCUT2D eigenvalue weighted by Gasteiger charge is -2.06. The molecule has 0 radical (unpaired) electrons. The van der Waals surface area contributed by atoms with Crippen LogP contribution in [0.15, 0.2) is 36.4 Å². The number of halogens is 1. The van der Waals surface area contributed by atoms with Gasteiger partial charge in [0.1, 0.15) is 10.8 Å². The highest BCUT2D eigenvalue weighted by molar-refractivity contribution is 6.29. The van der Waals surface area contributed by atoms with Gasteiger partial charge in [0.05, 0.1) is 4.92 Å². The fourth-order valence-corrected chi connectivity index (χ4v) is 1.94. The Labute approximate surface area is 119 Å². The van der Waals surface area contributed by atoms with Gasteiger partial charge in [-0.05, 0) is 25.1 Å². The smallest absolute Gasteiger partial charge is 0.292 e. The number of aryl methyl sites for hydroxylation is 1. The normalized spacial score (nSPS) is 10.1. The van der Waals surface area contributed by atoms with Gasteiger partial charge >= 0.3 is 0 Å². The molecule has 2 aromatic rings. The number of amides is 1. The fourth-order valence-electron chi connectivity index (χ4n) is 1.69. The maximum atomic E-state index is 12.1. The summed E-state index contributed by atoms with van der Waals surface area (Å²) >= 11 is 5.78. The summed E-state index contributed by atoms with van der Waals surface area (Å²) in [5.41, 5.74) is 0.844. The largest absolute Gasteiger partial charge is 0.316 e. The maximum absolute atomic E-state index is 12.1. The fraction of sp³-hybridized carbons (Fsp3) is 0.0769. The molecule has 0 aliphatic carbocycles. The van der Waals surface area contributed by atoms with Gasteiger partial charge in [-0.3, -0.25) is 14.9 Å². The topological polar surface area (TPSA) is 85.1 Å². The van der Waals surface area contributed by atoms with Crippen LogP contribution < -0.4 is 5.32 Å².